The topological polar surface area (TPSA) is 97.2 Å². The van der Waals surface area contributed by atoms with Crippen LogP contribution in [0.4, 0.5) is 18.9 Å². The van der Waals surface area contributed by atoms with E-state index in [9.17, 15) is 27.6 Å². The van der Waals surface area contributed by atoms with E-state index < -0.39 is 29.5 Å². The number of fused-ring (bicyclic) bond motifs is 1. The number of amides is 3. The zero-order chi connectivity index (χ0) is 22.2. The van der Waals surface area contributed by atoms with Crippen LogP contribution in [0.15, 0.2) is 43.0 Å². The molecule has 1 aliphatic heterocycles. The van der Waals surface area contributed by atoms with Gasteiger partial charge in [-0.05, 0) is 31.0 Å². The van der Waals surface area contributed by atoms with Gasteiger partial charge >= 0.3 is 6.18 Å². The largest absolute Gasteiger partial charge is 0.416 e. The van der Waals surface area contributed by atoms with Crippen molar-refractivity contribution in [3.05, 3.63) is 48.6 Å². The minimum atomic E-state index is -4.60. The molecule has 2 heterocycles. The molecule has 1 N–H and O–H groups in total. The number of allylic oxidation sites excluding steroid dienone is 2. The zero-order valence-corrected chi connectivity index (χ0v) is 16.2. The van der Waals surface area contributed by atoms with Crippen molar-refractivity contribution >= 4 is 23.4 Å². The number of imide groups is 1. The van der Waals surface area contributed by atoms with Gasteiger partial charge in [0, 0.05) is 13.0 Å². The summed E-state index contributed by atoms with van der Waals surface area (Å²) in [6.45, 7) is -0.131. The molecule has 4 rings (SSSR count). The number of hydrogen-bond donors (Lipinski definition) is 1. The number of rotatable bonds is 5. The number of nitrogens with zero attached hydrogens (tertiary/aromatic N) is 4. The van der Waals surface area contributed by atoms with E-state index in [1.807, 2.05) is 12.2 Å². The number of carbonyl (C=O) groups is 3. The summed E-state index contributed by atoms with van der Waals surface area (Å²) in [6, 6.07) is 2.86. The first-order chi connectivity index (χ1) is 14.8. The second-order valence-electron chi connectivity index (χ2n) is 7.35. The summed E-state index contributed by atoms with van der Waals surface area (Å²) in [5, 5.41) is 6.32. The molecule has 0 saturated carbocycles. The number of halogens is 3. The maximum atomic E-state index is 13.1. The highest BCUT2D eigenvalue weighted by Gasteiger charge is 2.46. The lowest BCUT2D eigenvalue weighted by Crippen LogP contribution is -2.34. The van der Waals surface area contributed by atoms with Gasteiger partial charge in [-0.2, -0.15) is 18.3 Å². The number of alkyl halides is 3. The Balaban J connectivity index is 1.48. The summed E-state index contributed by atoms with van der Waals surface area (Å²) in [6.07, 6.45) is 2.37. The van der Waals surface area contributed by atoms with Crippen molar-refractivity contribution in [2.24, 2.45) is 11.8 Å². The Morgan fingerprint density at radius 2 is 1.81 bits per heavy atom. The fourth-order valence-corrected chi connectivity index (χ4v) is 3.86. The Morgan fingerprint density at radius 1 is 1.13 bits per heavy atom. The molecule has 1 aliphatic carbocycles. The molecule has 2 atom stereocenters. The molecule has 31 heavy (non-hydrogen) atoms. The maximum absolute atomic E-state index is 13.1. The van der Waals surface area contributed by atoms with E-state index in [1.54, 1.807) is 0 Å². The number of carbonyl (C=O) groups excluding carboxylic acids is 3. The fraction of sp³-hybridized carbons (Fsp3) is 0.350. The molecular weight excluding hydrogens is 415 g/mol. The van der Waals surface area contributed by atoms with Gasteiger partial charge < -0.3 is 5.32 Å². The molecule has 1 fully saturated rings. The molecule has 1 aromatic carbocycles. The predicted molar refractivity (Wildman–Crippen MR) is 102 cm³/mol. The Morgan fingerprint density at radius 3 is 2.39 bits per heavy atom. The zero-order valence-electron chi connectivity index (χ0n) is 16.2. The second kappa shape index (κ2) is 7.97. The van der Waals surface area contributed by atoms with Crippen LogP contribution in [0.5, 0.6) is 0 Å². The van der Waals surface area contributed by atoms with E-state index in [0.29, 0.717) is 12.8 Å². The van der Waals surface area contributed by atoms with Crippen molar-refractivity contribution in [2.75, 3.05) is 11.9 Å². The molecule has 0 unspecified atom stereocenters. The molecule has 0 bridgehead atoms. The van der Waals surface area contributed by atoms with Crippen molar-refractivity contribution in [1.29, 1.82) is 0 Å². The lowest BCUT2D eigenvalue weighted by molar-refractivity contribution is -0.140. The first kappa shape index (κ1) is 20.8. The highest BCUT2D eigenvalue weighted by atomic mass is 19.4. The van der Waals surface area contributed by atoms with E-state index >= 15 is 0 Å². The van der Waals surface area contributed by atoms with Gasteiger partial charge in [-0.15, -0.1) is 0 Å². The number of likely N-dealkylation sites (tertiary alicyclic amines) is 1. The molecule has 0 radical (unpaired) electrons. The van der Waals surface area contributed by atoms with E-state index in [-0.39, 0.29) is 36.2 Å². The highest BCUT2D eigenvalue weighted by Crippen LogP contribution is 2.35. The van der Waals surface area contributed by atoms with Crippen LogP contribution in [0.2, 0.25) is 0 Å². The van der Waals surface area contributed by atoms with Crippen LogP contribution in [0, 0.1) is 11.8 Å². The monoisotopic (exact) mass is 433 g/mol. The molecule has 162 valence electrons. The van der Waals surface area contributed by atoms with Crippen LogP contribution >= 0.6 is 0 Å². The highest BCUT2D eigenvalue weighted by molar-refractivity contribution is 6.06. The smallest absolute Gasteiger partial charge is 0.324 e. The maximum Gasteiger partial charge on any atom is 0.416 e. The third-order valence-electron chi connectivity index (χ3n) is 5.42. The summed E-state index contributed by atoms with van der Waals surface area (Å²) < 4.78 is 40.6. The first-order valence-electron chi connectivity index (χ1n) is 9.62. The molecule has 8 nitrogen and oxygen atoms in total. The summed E-state index contributed by atoms with van der Waals surface area (Å²) in [7, 11) is 0. The number of benzene rings is 1. The Kier molecular flexibility index (Phi) is 5.34. The number of aromatic nitrogens is 3. The van der Waals surface area contributed by atoms with Crippen molar-refractivity contribution in [3.8, 4) is 5.69 Å². The van der Waals surface area contributed by atoms with Crippen LogP contribution in [-0.2, 0) is 20.6 Å². The number of nitrogens with one attached hydrogen (secondary N) is 1. The quantitative estimate of drug-likeness (QED) is 0.578. The molecule has 11 heteroatoms. The van der Waals surface area contributed by atoms with E-state index in [0.717, 1.165) is 17.0 Å². The molecule has 1 saturated heterocycles. The lowest BCUT2D eigenvalue weighted by atomic mass is 9.85. The average Bonchev–Trinajstić information content (AvgIpc) is 3.34. The first-order valence-corrected chi connectivity index (χ1v) is 9.62. The molecule has 1 aromatic heterocycles. The summed E-state index contributed by atoms with van der Waals surface area (Å²) in [5.41, 5.74) is -0.848. The van der Waals surface area contributed by atoms with E-state index in [4.69, 9.17) is 0 Å². The van der Waals surface area contributed by atoms with Gasteiger partial charge in [0.05, 0.1) is 28.8 Å². The van der Waals surface area contributed by atoms with Gasteiger partial charge in [-0.1, -0.05) is 12.2 Å². The van der Waals surface area contributed by atoms with Crippen molar-refractivity contribution in [3.63, 3.8) is 0 Å². The molecule has 0 spiro atoms. The average molecular weight is 433 g/mol. The van der Waals surface area contributed by atoms with Gasteiger partial charge in [0.15, 0.2) is 0 Å². The van der Waals surface area contributed by atoms with Crippen LogP contribution < -0.4 is 5.32 Å². The number of anilines is 1. The van der Waals surface area contributed by atoms with Crippen LogP contribution in [0.25, 0.3) is 5.69 Å². The minimum absolute atomic E-state index is 0.109. The third kappa shape index (κ3) is 4.07. The molecule has 2 aliphatic rings. The third-order valence-corrected chi connectivity index (χ3v) is 5.42. The van der Waals surface area contributed by atoms with Crippen molar-refractivity contribution in [2.45, 2.75) is 25.4 Å². The standard InChI is InChI=1S/C20H18F3N5O3/c21-20(22,23)12-5-6-16(28-11-24-10-25-28)15(9-12)26-17(29)7-8-27-18(30)13-3-1-2-4-14(13)19(27)31/h1-2,5-6,9-11,13-14H,3-4,7-8H2,(H,26,29)/t13-,14-/m1/s1. The number of hydrogen-bond acceptors (Lipinski definition) is 5. The normalized spacial score (nSPS) is 20.8. The molecule has 3 amide bonds. The Labute approximate surface area is 174 Å². The fourth-order valence-electron chi connectivity index (χ4n) is 3.86. The summed E-state index contributed by atoms with van der Waals surface area (Å²) in [5.74, 6) is -2.05. The van der Waals surface area contributed by atoms with Gasteiger partial charge in [0.25, 0.3) is 0 Å². The van der Waals surface area contributed by atoms with Gasteiger partial charge in [-0.3, -0.25) is 19.3 Å². The van der Waals surface area contributed by atoms with Crippen LogP contribution in [0.1, 0.15) is 24.8 Å². The van der Waals surface area contributed by atoms with Crippen LogP contribution in [-0.4, -0.2) is 43.9 Å². The summed E-state index contributed by atoms with van der Waals surface area (Å²) >= 11 is 0. The van der Waals surface area contributed by atoms with E-state index in [1.165, 1.54) is 23.4 Å². The Hall–Kier alpha value is -3.50. The van der Waals surface area contributed by atoms with Crippen LogP contribution in [0.3, 0.4) is 0 Å². The van der Waals surface area contributed by atoms with Gasteiger partial charge in [0.1, 0.15) is 12.7 Å². The van der Waals surface area contributed by atoms with Crippen molar-refractivity contribution < 1.29 is 27.6 Å². The SMILES string of the molecule is O=C(CCN1C(=O)[C@@H]2CC=CC[C@H]2C1=O)Nc1cc(C(F)(F)F)ccc1-n1cncn1. The molecular formula is C20H18F3N5O3. The predicted octanol–water partition coefficient (Wildman–Crippen LogP) is 2.57. The van der Waals surface area contributed by atoms with Gasteiger partial charge in [0.2, 0.25) is 17.7 Å². The van der Waals surface area contributed by atoms with Crippen molar-refractivity contribution in [1.82, 2.24) is 19.7 Å². The van der Waals surface area contributed by atoms with E-state index in [2.05, 4.69) is 15.4 Å². The molecule has 2 aromatic rings. The van der Waals surface area contributed by atoms with Gasteiger partial charge in [-0.25, -0.2) is 9.67 Å². The summed E-state index contributed by atoms with van der Waals surface area (Å²) in [4.78, 5) is 42.3. The minimum Gasteiger partial charge on any atom is -0.324 e. The lowest BCUT2D eigenvalue weighted by Gasteiger charge is -2.16. The second-order valence-corrected chi connectivity index (χ2v) is 7.35. The Bertz CT molecular complexity index is 1020.